The molecule has 0 saturated carbocycles. The van der Waals surface area contributed by atoms with Crippen molar-refractivity contribution in [1.29, 1.82) is 0 Å². The van der Waals surface area contributed by atoms with Crippen LogP contribution in [0.3, 0.4) is 0 Å². The normalized spacial score (nSPS) is 13.7. The summed E-state index contributed by atoms with van der Waals surface area (Å²) in [6.45, 7) is 0.141. The van der Waals surface area contributed by atoms with Crippen LogP contribution in [0.25, 0.3) is 0 Å². The van der Waals surface area contributed by atoms with Gasteiger partial charge in [-0.25, -0.2) is 4.79 Å². The van der Waals surface area contributed by atoms with Gasteiger partial charge in [0.05, 0.1) is 6.04 Å². The number of primary amides is 2. The number of carbonyl (C=O) groups excluding carboxylic acids is 5. The highest BCUT2D eigenvalue weighted by molar-refractivity contribution is 7.98. The highest BCUT2D eigenvalue weighted by Crippen LogP contribution is 2.07. The number of thioether (sulfide) groups is 1. The number of hydrogen-bond donors (Lipinski definition) is 9. The SMILES string of the molecule is CSCCC(NC(=O)C(N)CCC(N)=O)C(=O)NC(CCC(N)=O)C(=O)NC(CCCN=C(N)N)C(=O)O. The smallest absolute Gasteiger partial charge is 0.326 e. The molecule has 14 N–H and O–H groups in total. The van der Waals surface area contributed by atoms with Crippen LogP contribution >= 0.6 is 11.8 Å². The molecule has 0 heterocycles. The zero-order valence-corrected chi connectivity index (χ0v) is 22.1. The minimum absolute atomic E-state index is 0.00998. The Kier molecular flexibility index (Phi) is 16.9. The quantitative estimate of drug-likeness (QED) is 0.0394. The molecular weight excluding hydrogens is 522 g/mol. The van der Waals surface area contributed by atoms with Crippen molar-refractivity contribution in [3.8, 4) is 0 Å². The van der Waals surface area contributed by atoms with E-state index >= 15 is 0 Å². The third-order valence-electron chi connectivity index (χ3n) is 5.15. The molecule has 0 fully saturated rings. The number of aliphatic carboxylic acids is 1. The standard InChI is InChI=1S/C21H39N9O7S/c1-38-10-8-13(28-17(33)11(22)4-6-15(23)31)19(35)29-12(5-7-16(24)32)18(34)30-14(20(36)37)3-2-9-27-21(25)26/h11-14H,2-10,22H2,1H3,(H2,23,31)(H2,24,32)(H,28,33)(H,29,35)(H,30,34)(H,36,37)(H4,25,26,27). The first-order valence-electron chi connectivity index (χ1n) is 11.8. The molecule has 5 amide bonds. The van der Waals surface area contributed by atoms with Crippen LogP contribution in [0, 0.1) is 0 Å². The van der Waals surface area contributed by atoms with Gasteiger partial charge in [-0.2, -0.15) is 11.8 Å². The number of rotatable bonds is 20. The summed E-state index contributed by atoms with van der Waals surface area (Å²) in [5.41, 5.74) is 26.5. The van der Waals surface area contributed by atoms with Crippen LogP contribution in [0.15, 0.2) is 4.99 Å². The molecule has 0 aromatic carbocycles. The van der Waals surface area contributed by atoms with Crippen LogP contribution in [0.4, 0.5) is 0 Å². The summed E-state index contributed by atoms with van der Waals surface area (Å²) in [5, 5.41) is 16.8. The van der Waals surface area contributed by atoms with Crippen molar-refractivity contribution in [2.45, 2.75) is 69.1 Å². The molecule has 0 aromatic rings. The lowest BCUT2D eigenvalue weighted by molar-refractivity contribution is -0.142. The number of nitrogens with two attached hydrogens (primary N) is 5. The number of amides is 5. The van der Waals surface area contributed by atoms with Crippen molar-refractivity contribution < 1.29 is 33.9 Å². The maximum Gasteiger partial charge on any atom is 0.326 e. The van der Waals surface area contributed by atoms with E-state index in [1.165, 1.54) is 11.8 Å². The van der Waals surface area contributed by atoms with Crippen molar-refractivity contribution in [2.75, 3.05) is 18.6 Å². The van der Waals surface area contributed by atoms with Crippen LogP contribution in [-0.2, 0) is 28.8 Å². The van der Waals surface area contributed by atoms with E-state index in [0.717, 1.165) is 0 Å². The zero-order valence-electron chi connectivity index (χ0n) is 21.3. The average Bonchev–Trinajstić information content (AvgIpc) is 2.83. The third-order valence-corrected chi connectivity index (χ3v) is 5.80. The second-order valence-corrected chi connectivity index (χ2v) is 9.35. The van der Waals surface area contributed by atoms with Gasteiger partial charge in [0.15, 0.2) is 5.96 Å². The second-order valence-electron chi connectivity index (χ2n) is 8.37. The first-order valence-corrected chi connectivity index (χ1v) is 13.2. The van der Waals surface area contributed by atoms with E-state index in [9.17, 15) is 33.9 Å². The summed E-state index contributed by atoms with van der Waals surface area (Å²) >= 11 is 1.40. The van der Waals surface area contributed by atoms with Crippen molar-refractivity contribution >= 4 is 53.2 Å². The topological polar surface area (TPSA) is 301 Å². The molecule has 0 aliphatic heterocycles. The van der Waals surface area contributed by atoms with E-state index in [1.54, 1.807) is 6.26 Å². The summed E-state index contributed by atoms with van der Waals surface area (Å²) in [6.07, 6.45) is 1.56. The van der Waals surface area contributed by atoms with Gasteiger partial charge in [0.25, 0.3) is 0 Å². The molecule has 216 valence electrons. The van der Waals surface area contributed by atoms with E-state index in [0.29, 0.717) is 5.75 Å². The molecule has 38 heavy (non-hydrogen) atoms. The monoisotopic (exact) mass is 561 g/mol. The van der Waals surface area contributed by atoms with Crippen molar-refractivity contribution in [2.24, 2.45) is 33.7 Å². The third kappa shape index (κ3) is 15.5. The summed E-state index contributed by atoms with van der Waals surface area (Å²) < 4.78 is 0. The first-order chi connectivity index (χ1) is 17.8. The van der Waals surface area contributed by atoms with Gasteiger partial charge in [-0.3, -0.25) is 29.0 Å². The summed E-state index contributed by atoms with van der Waals surface area (Å²) in [5.74, 6) is -4.70. The molecule has 17 heteroatoms. The van der Waals surface area contributed by atoms with Gasteiger partial charge < -0.3 is 49.7 Å². The molecule has 0 saturated heterocycles. The second kappa shape index (κ2) is 18.6. The Morgan fingerprint density at radius 3 is 1.76 bits per heavy atom. The van der Waals surface area contributed by atoms with Gasteiger partial charge in [0.1, 0.15) is 18.1 Å². The van der Waals surface area contributed by atoms with Crippen LogP contribution in [-0.4, -0.2) is 89.3 Å². The highest BCUT2D eigenvalue weighted by atomic mass is 32.2. The molecule has 0 aliphatic rings. The van der Waals surface area contributed by atoms with Gasteiger partial charge in [0, 0.05) is 19.4 Å². The molecule has 0 bridgehead atoms. The van der Waals surface area contributed by atoms with Gasteiger partial charge >= 0.3 is 5.97 Å². The number of carboxylic acids is 1. The molecule has 16 nitrogen and oxygen atoms in total. The summed E-state index contributed by atoms with van der Waals surface area (Å²) in [6, 6.07) is -4.85. The van der Waals surface area contributed by atoms with Gasteiger partial charge in [-0.1, -0.05) is 0 Å². The van der Waals surface area contributed by atoms with E-state index in [-0.39, 0.29) is 57.5 Å². The molecule has 0 aromatic heterocycles. The number of aliphatic imine (C=N–C) groups is 1. The summed E-state index contributed by atoms with van der Waals surface area (Å²) in [4.78, 5) is 76.0. The van der Waals surface area contributed by atoms with Crippen molar-refractivity contribution in [1.82, 2.24) is 16.0 Å². The minimum Gasteiger partial charge on any atom is -0.480 e. The minimum atomic E-state index is -1.33. The van der Waals surface area contributed by atoms with Gasteiger partial charge in [-0.15, -0.1) is 0 Å². The predicted octanol–water partition coefficient (Wildman–Crippen LogP) is -3.81. The van der Waals surface area contributed by atoms with E-state index in [2.05, 4.69) is 20.9 Å². The van der Waals surface area contributed by atoms with Crippen molar-refractivity contribution in [3.05, 3.63) is 0 Å². The Bertz CT molecular complexity index is 868. The number of hydrogen-bond acceptors (Lipinski definition) is 9. The van der Waals surface area contributed by atoms with E-state index < -0.39 is 59.7 Å². The number of carbonyl (C=O) groups is 6. The lowest BCUT2D eigenvalue weighted by atomic mass is 10.1. The average molecular weight is 562 g/mol. The Labute approximate surface area is 224 Å². The lowest BCUT2D eigenvalue weighted by Gasteiger charge is -2.25. The van der Waals surface area contributed by atoms with Crippen LogP contribution in [0.1, 0.15) is 44.9 Å². The number of nitrogens with one attached hydrogen (secondary N) is 3. The molecular formula is C21H39N9O7S. The Morgan fingerprint density at radius 1 is 0.763 bits per heavy atom. The van der Waals surface area contributed by atoms with Crippen molar-refractivity contribution in [3.63, 3.8) is 0 Å². The van der Waals surface area contributed by atoms with Gasteiger partial charge in [-0.05, 0) is 44.1 Å². The van der Waals surface area contributed by atoms with E-state index in [1.807, 2.05) is 0 Å². The fourth-order valence-electron chi connectivity index (χ4n) is 3.07. The van der Waals surface area contributed by atoms with Gasteiger partial charge in [0.2, 0.25) is 29.5 Å². The number of guanidine groups is 1. The fraction of sp³-hybridized carbons (Fsp3) is 0.667. The number of nitrogens with zero attached hydrogens (tertiary/aromatic N) is 1. The Balaban J connectivity index is 5.51. The van der Waals surface area contributed by atoms with Crippen LogP contribution < -0.4 is 44.6 Å². The highest BCUT2D eigenvalue weighted by Gasteiger charge is 2.30. The maximum atomic E-state index is 13.0. The maximum absolute atomic E-state index is 13.0. The molecule has 4 atom stereocenters. The van der Waals surface area contributed by atoms with Crippen LogP contribution in [0.2, 0.25) is 0 Å². The summed E-state index contributed by atoms with van der Waals surface area (Å²) in [7, 11) is 0. The Hall–Kier alpha value is -3.60. The lowest BCUT2D eigenvalue weighted by Crippen LogP contribution is -2.57. The number of carboxylic acid groups (broad SMARTS) is 1. The predicted molar refractivity (Wildman–Crippen MR) is 141 cm³/mol. The zero-order chi connectivity index (χ0) is 29.3. The fourth-order valence-corrected chi connectivity index (χ4v) is 3.54. The Morgan fingerprint density at radius 2 is 1.26 bits per heavy atom. The molecule has 0 radical (unpaired) electrons. The molecule has 0 spiro atoms. The molecule has 0 aliphatic carbocycles. The largest absolute Gasteiger partial charge is 0.480 e. The van der Waals surface area contributed by atoms with Crippen LogP contribution in [0.5, 0.6) is 0 Å². The molecule has 0 rings (SSSR count). The van der Waals surface area contributed by atoms with E-state index in [4.69, 9.17) is 28.7 Å². The molecule has 4 unspecified atom stereocenters. The first kappa shape index (κ1) is 34.4.